The summed E-state index contributed by atoms with van der Waals surface area (Å²) in [4.78, 5) is 0. The zero-order chi connectivity index (χ0) is 15.8. The summed E-state index contributed by atoms with van der Waals surface area (Å²) in [5.74, 6) is 0. The molecule has 20 heavy (non-hydrogen) atoms. The molecule has 0 heterocycles. The minimum atomic E-state index is -1.73. The largest absolute Gasteiger partial charge is 0 e. The summed E-state index contributed by atoms with van der Waals surface area (Å²) in [7, 11) is 0. The van der Waals surface area contributed by atoms with Gasteiger partial charge in [-0.25, -0.2) is 0 Å². The summed E-state index contributed by atoms with van der Waals surface area (Å²) < 4.78 is 12.7. The Morgan fingerprint density at radius 3 is 1.10 bits per heavy atom. The van der Waals surface area contributed by atoms with E-state index in [1.165, 1.54) is 0 Å². The Morgan fingerprint density at radius 1 is 0.800 bits per heavy atom. The quantitative estimate of drug-likeness (QED) is 0.389. The zero-order valence-corrected chi connectivity index (χ0v) is 20.0. The fraction of sp³-hybridized carbons (Fsp3) is 0.643. The molecule has 0 spiro atoms. The third-order valence-electron chi connectivity index (χ3n) is 0.886. The zero-order valence-electron chi connectivity index (χ0n) is 13.5. The van der Waals surface area contributed by atoms with Gasteiger partial charge < -0.3 is 15.3 Å². The van der Waals surface area contributed by atoms with Crippen LogP contribution in [0.3, 0.4) is 0 Å². The molecule has 0 aliphatic rings. The van der Waals surface area contributed by atoms with Crippen LogP contribution in [0.2, 0.25) is 0 Å². The van der Waals surface area contributed by atoms with E-state index in [0.29, 0.717) is 0 Å². The van der Waals surface area contributed by atoms with Crippen molar-refractivity contribution in [2.75, 3.05) is 0 Å². The second-order valence-corrected chi connectivity index (χ2v) is 6.98. The molecule has 0 fully saturated rings. The van der Waals surface area contributed by atoms with Crippen LogP contribution in [0.5, 0.6) is 0 Å². The monoisotopic (exact) mass is 519 g/mol. The van der Waals surface area contributed by atoms with Gasteiger partial charge in [-0.1, -0.05) is 0 Å². The van der Waals surface area contributed by atoms with Crippen LogP contribution in [-0.2, 0) is 25.8 Å². The number of halogens is 1. The van der Waals surface area contributed by atoms with Crippen molar-refractivity contribution in [3.8, 4) is 0 Å². The van der Waals surface area contributed by atoms with E-state index in [0.717, 1.165) is 4.40 Å². The minimum absolute atomic E-state index is 0. The molecule has 0 saturated carbocycles. The Labute approximate surface area is 148 Å². The van der Waals surface area contributed by atoms with Crippen LogP contribution in [0.15, 0.2) is 24.3 Å². The van der Waals surface area contributed by atoms with Gasteiger partial charge in [-0.3, -0.25) is 0 Å². The summed E-state index contributed by atoms with van der Waals surface area (Å²) >= 11 is -1.73. The van der Waals surface area contributed by atoms with Crippen molar-refractivity contribution in [3.63, 3.8) is 0 Å². The fourth-order valence-electron chi connectivity index (χ4n) is 0.503. The first kappa shape index (κ1) is 28.7. The maximum Gasteiger partial charge on any atom is 0 e. The summed E-state index contributed by atoms with van der Waals surface area (Å²) in [6.45, 7) is 10.3. The van der Waals surface area contributed by atoms with Gasteiger partial charge in [0.15, 0.2) is 0 Å². The average molecular weight is 516 g/mol. The van der Waals surface area contributed by atoms with E-state index in [2.05, 4.69) is 0 Å². The van der Waals surface area contributed by atoms with E-state index in [4.69, 9.17) is 15.3 Å². The van der Waals surface area contributed by atoms with E-state index in [-0.39, 0.29) is 44.2 Å². The summed E-state index contributed by atoms with van der Waals surface area (Å²) in [5.41, 5.74) is 0. The number of aliphatic hydroxyl groups excluding tert-OH is 3. The van der Waals surface area contributed by atoms with Crippen molar-refractivity contribution in [2.24, 2.45) is 0 Å². The molecule has 0 radical (unpaired) electrons. The van der Waals surface area contributed by atoms with Gasteiger partial charge >= 0.3 is 48.1 Å². The molecule has 3 nitrogen and oxygen atoms in total. The van der Waals surface area contributed by atoms with Crippen LogP contribution < -0.4 is 4.40 Å². The van der Waals surface area contributed by atoms with Gasteiger partial charge in [-0.05, 0) is 41.5 Å². The standard InChI is InChI=1S/C5H6FGe.3C3H8O.Hf/c6-7-5-3-1-2-4-5;3*1-3(2)4;/h1-4H,7H2;3*3-4H,1-2H3;/q-1;;;;. The Kier molecular flexibility index (Phi) is 31.4. The predicted molar refractivity (Wildman–Crippen MR) is 83.4 cm³/mol. The van der Waals surface area contributed by atoms with Gasteiger partial charge in [-0.2, -0.15) is 0 Å². The number of rotatable bonds is 1. The van der Waals surface area contributed by atoms with E-state index in [9.17, 15) is 3.50 Å². The van der Waals surface area contributed by atoms with Crippen molar-refractivity contribution in [1.82, 2.24) is 0 Å². The maximum absolute atomic E-state index is 11.7. The number of aliphatic hydroxyl groups is 3. The molecule has 0 aliphatic heterocycles. The molecule has 1 aromatic rings. The normalized spacial score (nSPS) is 9.25. The number of hydrogen-bond acceptors (Lipinski definition) is 3. The van der Waals surface area contributed by atoms with Crippen molar-refractivity contribution in [3.05, 3.63) is 24.3 Å². The van der Waals surface area contributed by atoms with Crippen molar-refractivity contribution < 1.29 is 44.7 Å². The molecule has 1 rings (SSSR count). The van der Waals surface area contributed by atoms with Gasteiger partial charge in [0, 0.05) is 44.2 Å². The topological polar surface area (TPSA) is 60.7 Å². The van der Waals surface area contributed by atoms with Crippen molar-refractivity contribution in [2.45, 2.75) is 59.9 Å². The molecule has 1 aromatic carbocycles. The molecule has 0 aliphatic carbocycles. The summed E-state index contributed by atoms with van der Waals surface area (Å²) in [5, 5.41) is 24.2. The molecule has 120 valence electrons. The molecular formula is C14H30FGeHfO3-. The molecule has 0 atom stereocenters. The van der Waals surface area contributed by atoms with E-state index < -0.39 is 15.9 Å². The van der Waals surface area contributed by atoms with Gasteiger partial charge in [0.1, 0.15) is 0 Å². The predicted octanol–water partition coefficient (Wildman–Crippen LogP) is 1.24. The Balaban J connectivity index is -0.0000000881. The van der Waals surface area contributed by atoms with Crippen LogP contribution in [0, 0.1) is 0 Å². The van der Waals surface area contributed by atoms with Gasteiger partial charge in [0.25, 0.3) is 0 Å². The van der Waals surface area contributed by atoms with Crippen LogP contribution in [-0.4, -0.2) is 49.5 Å². The molecular weight excluding hydrogens is 486 g/mol. The third-order valence-corrected chi connectivity index (χ3v) is 2.52. The first-order valence-electron chi connectivity index (χ1n) is 6.44. The SMILES string of the molecule is CC(C)O.CC(C)O.CC(C)O.[F][GeH2][c-]1cccc1.[Hf]. The fourth-order valence-corrected chi connectivity index (χ4v) is 1.45. The van der Waals surface area contributed by atoms with Gasteiger partial charge in [-0.15, -0.1) is 0 Å². The van der Waals surface area contributed by atoms with E-state index >= 15 is 0 Å². The van der Waals surface area contributed by atoms with Gasteiger partial charge in [0.2, 0.25) is 0 Å². The second kappa shape index (κ2) is 21.9. The molecule has 0 amide bonds. The molecule has 6 heteroatoms. The van der Waals surface area contributed by atoms with Crippen LogP contribution in [0.1, 0.15) is 41.5 Å². The summed E-state index contributed by atoms with van der Waals surface area (Å²) in [6, 6.07) is 7.44. The maximum atomic E-state index is 11.7. The average Bonchev–Trinajstić information content (AvgIpc) is 2.66. The molecule has 0 unspecified atom stereocenters. The Bertz CT molecular complexity index is 220. The van der Waals surface area contributed by atoms with E-state index in [1.54, 1.807) is 41.5 Å². The van der Waals surface area contributed by atoms with Gasteiger partial charge in [0.05, 0.1) is 0 Å². The van der Waals surface area contributed by atoms with Crippen molar-refractivity contribution >= 4 is 20.3 Å². The first-order valence-corrected chi connectivity index (χ1v) is 9.04. The van der Waals surface area contributed by atoms with Crippen molar-refractivity contribution in [1.29, 1.82) is 0 Å². The van der Waals surface area contributed by atoms with Crippen LogP contribution in [0.25, 0.3) is 0 Å². The molecule has 3 N–H and O–H groups in total. The Hall–Kier alpha value is 0.573. The molecule has 0 saturated heterocycles. The smallest absolute Gasteiger partial charge is 0 e. The third kappa shape index (κ3) is 62.6. The Morgan fingerprint density at radius 2 is 1.00 bits per heavy atom. The number of hydrogen-bond donors (Lipinski definition) is 3. The first-order chi connectivity index (χ1) is 8.63. The van der Waals surface area contributed by atoms with Crippen LogP contribution >= 0.6 is 0 Å². The van der Waals surface area contributed by atoms with E-state index in [1.807, 2.05) is 24.3 Å². The summed E-state index contributed by atoms with van der Waals surface area (Å²) in [6.07, 6.45) is -0.500. The molecule has 0 bridgehead atoms. The molecule has 0 aromatic heterocycles. The minimum Gasteiger partial charge on any atom is 0 e. The second-order valence-electron chi connectivity index (χ2n) is 4.71. The van der Waals surface area contributed by atoms with Crippen LogP contribution in [0.4, 0.5) is 3.50 Å².